The molecule has 0 N–H and O–H groups in total. The van der Waals surface area contributed by atoms with Gasteiger partial charge in [0.1, 0.15) is 11.6 Å². The van der Waals surface area contributed by atoms with Gasteiger partial charge >= 0.3 is 0 Å². The first kappa shape index (κ1) is 19.9. The normalized spacial score (nSPS) is 10.8. The highest BCUT2D eigenvalue weighted by Crippen LogP contribution is 2.30. The predicted octanol–water partition coefficient (Wildman–Crippen LogP) is 7.79. The van der Waals surface area contributed by atoms with Crippen molar-refractivity contribution in [1.29, 1.82) is 0 Å². The Labute approximate surface area is 177 Å². The molecule has 0 spiro atoms. The second-order valence-electron chi connectivity index (χ2n) is 7.45. The molecule has 0 saturated carbocycles. The molecule has 4 rings (SSSR count). The van der Waals surface area contributed by atoms with Gasteiger partial charge in [-0.15, -0.1) is 0 Å². The lowest BCUT2D eigenvalue weighted by Gasteiger charge is -2.09. The van der Waals surface area contributed by atoms with Crippen molar-refractivity contribution in [3.05, 3.63) is 102 Å². The lowest BCUT2D eigenvalue weighted by atomic mass is 9.97. The van der Waals surface area contributed by atoms with Crippen LogP contribution in [0.25, 0.3) is 33.4 Å². The van der Waals surface area contributed by atoms with Crippen LogP contribution in [-0.2, 0) is 6.42 Å². The summed E-state index contributed by atoms with van der Waals surface area (Å²) in [5.41, 5.74) is 7.02. The number of hydrogen-bond donors (Lipinski definition) is 0. The minimum Gasteiger partial charge on any atom is -0.497 e. The molecule has 0 radical (unpaired) electrons. The number of hydrogen-bond acceptors (Lipinski definition) is 1. The van der Waals surface area contributed by atoms with Gasteiger partial charge in [0, 0.05) is 5.56 Å². The van der Waals surface area contributed by atoms with Crippen LogP contribution in [0, 0.1) is 5.82 Å². The summed E-state index contributed by atoms with van der Waals surface area (Å²) < 4.78 is 20.0. The topological polar surface area (TPSA) is 9.23 Å². The fourth-order valence-electron chi connectivity index (χ4n) is 3.71. The number of benzene rings is 4. The summed E-state index contributed by atoms with van der Waals surface area (Å²) in [6, 6.07) is 29.9. The zero-order chi connectivity index (χ0) is 20.9. The van der Waals surface area contributed by atoms with Gasteiger partial charge in [-0.1, -0.05) is 86.1 Å². The summed E-state index contributed by atoms with van der Waals surface area (Å²) >= 11 is 0. The maximum Gasteiger partial charge on any atom is 0.131 e. The van der Waals surface area contributed by atoms with E-state index in [4.69, 9.17) is 4.74 Å². The molecule has 0 aliphatic heterocycles. The molecular formula is C28H25FO. The van der Waals surface area contributed by atoms with E-state index in [0.717, 1.165) is 40.8 Å². The summed E-state index contributed by atoms with van der Waals surface area (Å²) in [6.45, 7) is 2.19. The molecule has 2 heteroatoms. The van der Waals surface area contributed by atoms with Crippen molar-refractivity contribution < 1.29 is 9.13 Å². The number of aryl methyl sites for hydroxylation is 1. The van der Waals surface area contributed by atoms with E-state index in [2.05, 4.69) is 55.5 Å². The van der Waals surface area contributed by atoms with Gasteiger partial charge in [-0.25, -0.2) is 4.39 Å². The molecule has 1 nitrogen and oxygen atoms in total. The first-order chi connectivity index (χ1) is 14.7. The van der Waals surface area contributed by atoms with Crippen LogP contribution >= 0.6 is 0 Å². The van der Waals surface area contributed by atoms with Gasteiger partial charge in [-0.05, 0) is 58.0 Å². The largest absolute Gasteiger partial charge is 0.497 e. The molecular weight excluding hydrogens is 371 g/mol. The molecule has 4 aromatic carbocycles. The first-order valence-electron chi connectivity index (χ1n) is 10.3. The third-order valence-electron chi connectivity index (χ3n) is 5.41. The summed E-state index contributed by atoms with van der Waals surface area (Å²) in [5, 5.41) is 0. The van der Waals surface area contributed by atoms with Crippen molar-refractivity contribution in [2.45, 2.75) is 19.8 Å². The highest BCUT2D eigenvalue weighted by molar-refractivity contribution is 5.74. The van der Waals surface area contributed by atoms with Gasteiger partial charge in [0.15, 0.2) is 0 Å². The molecule has 0 unspecified atom stereocenters. The lowest BCUT2D eigenvalue weighted by Crippen LogP contribution is -1.88. The Morgan fingerprint density at radius 3 is 1.67 bits per heavy atom. The summed E-state index contributed by atoms with van der Waals surface area (Å²) in [5.74, 6) is 0.532. The van der Waals surface area contributed by atoms with Crippen molar-refractivity contribution in [2.75, 3.05) is 7.11 Å². The van der Waals surface area contributed by atoms with Crippen LogP contribution in [0.15, 0.2) is 91.0 Å². The number of rotatable bonds is 6. The average molecular weight is 397 g/mol. The second kappa shape index (κ2) is 8.96. The second-order valence-corrected chi connectivity index (χ2v) is 7.45. The molecule has 4 aromatic rings. The minimum absolute atomic E-state index is 0.228. The van der Waals surface area contributed by atoms with Gasteiger partial charge in [0.05, 0.1) is 7.11 Å². The van der Waals surface area contributed by atoms with Crippen LogP contribution in [0.5, 0.6) is 5.75 Å². The van der Waals surface area contributed by atoms with Gasteiger partial charge in [0.2, 0.25) is 0 Å². The monoisotopic (exact) mass is 396 g/mol. The lowest BCUT2D eigenvalue weighted by molar-refractivity contribution is 0.415. The average Bonchev–Trinajstić information content (AvgIpc) is 2.80. The fourth-order valence-corrected chi connectivity index (χ4v) is 3.71. The molecule has 0 bridgehead atoms. The Hall–Kier alpha value is -3.39. The molecule has 30 heavy (non-hydrogen) atoms. The fraction of sp³-hybridized carbons (Fsp3) is 0.143. The molecule has 0 aliphatic carbocycles. The number of halogens is 1. The third-order valence-corrected chi connectivity index (χ3v) is 5.41. The predicted molar refractivity (Wildman–Crippen MR) is 123 cm³/mol. The first-order valence-corrected chi connectivity index (χ1v) is 10.3. The van der Waals surface area contributed by atoms with Gasteiger partial charge in [0.25, 0.3) is 0 Å². The molecule has 0 aromatic heterocycles. The maximum absolute atomic E-state index is 14.8. The van der Waals surface area contributed by atoms with Gasteiger partial charge in [-0.3, -0.25) is 0 Å². The van der Waals surface area contributed by atoms with E-state index in [0.29, 0.717) is 5.56 Å². The van der Waals surface area contributed by atoms with Crippen LogP contribution < -0.4 is 4.74 Å². The molecule has 0 aliphatic rings. The van der Waals surface area contributed by atoms with Crippen LogP contribution in [0.4, 0.5) is 4.39 Å². The van der Waals surface area contributed by atoms with Crippen molar-refractivity contribution in [3.63, 3.8) is 0 Å². The van der Waals surface area contributed by atoms with E-state index in [1.54, 1.807) is 13.2 Å². The molecule has 0 amide bonds. The Bertz CT molecular complexity index is 1110. The Balaban J connectivity index is 1.56. The number of methoxy groups -OCH3 is 1. The van der Waals surface area contributed by atoms with Gasteiger partial charge < -0.3 is 4.74 Å². The molecule has 150 valence electrons. The van der Waals surface area contributed by atoms with Crippen LogP contribution in [0.3, 0.4) is 0 Å². The summed E-state index contributed by atoms with van der Waals surface area (Å²) in [7, 11) is 1.62. The van der Waals surface area contributed by atoms with E-state index in [-0.39, 0.29) is 5.82 Å². The quantitative estimate of drug-likeness (QED) is 0.323. The van der Waals surface area contributed by atoms with Crippen molar-refractivity contribution >= 4 is 0 Å². The van der Waals surface area contributed by atoms with Crippen LogP contribution in [0.1, 0.15) is 18.9 Å². The smallest absolute Gasteiger partial charge is 0.131 e. The highest BCUT2D eigenvalue weighted by atomic mass is 19.1. The minimum atomic E-state index is -0.228. The molecule has 0 heterocycles. The molecule has 0 atom stereocenters. The van der Waals surface area contributed by atoms with Crippen molar-refractivity contribution in [1.82, 2.24) is 0 Å². The Kier molecular flexibility index (Phi) is 5.94. The highest BCUT2D eigenvalue weighted by Gasteiger charge is 2.08. The van der Waals surface area contributed by atoms with Gasteiger partial charge in [-0.2, -0.15) is 0 Å². The van der Waals surface area contributed by atoms with E-state index >= 15 is 0 Å². The van der Waals surface area contributed by atoms with E-state index in [1.807, 2.05) is 36.4 Å². The Morgan fingerprint density at radius 1 is 0.633 bits per heavy atom. The maximum atomic E-state index is 14.8. The standard InChI is InChI=1S/C28H25FO/c1-3-4-20-5-7-21(8-6-20)22-9-11-23(12-10-22)25-15-18-27(28(29)19-25)24-13-16-26(30-2)17-14-24/h5-19H,3-4H2,1-2H3. The van der Waals surface area contributed by atoms with Crippen LogP contribution in [0.2, 0.25) is 0 Å². The van der Waals surface area contributed by atoms with Crippen molar-refractivity contribution in [2.24, 2.45) is 0 Å². The summed E-state index contributed by atoms with van der Waals surface area (Å²) in [6.07, 6.45) is 2.26. The zero-order valence-corrected chi connectivity index (χ0v) is 17.4. The van der Waals surface area contributed by atoms with E-state index in [1.165, 1.54) is 11.1 Å². The third kappa shape index (κ3) is 4.28. The van der Waals surface area contributed by atoms with E-state index < -0.39 is 0 Å². The molecule has 0 fully saturated rings. The zero-order valence-electron chi connectivity index (χ0n) is 17.4. The van der Waals surface area contributed by atoms with Crippen LogP contribution in [-0.4, -0.2) is 7.11 Å². The Morgan fingerprint density at radius 2 is 1.13 bits per heavy atom. The summed E-state index contributed by atoms with van der Waals surface area (Å²) in [4.78, 5) is 0. The SMILES string of the molecule is CCCc1ccc(-c2ccc(-c3ccc(-c4ccc(OC)cc4)c(F)c3)cc2)cc1. The molecule has 0 saturated heterocycles. The van der Waals surface area contributed by atoms with E-state index in [9.17, 15) is 4.39 Å². The van der Waals surface area contributed by atoms with Crippen molar-refractivity contribution in [3.8, 4) is 39.1 Å². The number of ether oxygens (including phenoxy) is 1.